The lowest BCUT2D eigenvalue weighted by Gasteiger charge is -2.56. The number of carbonyl (C=O) groups excluding carboxylic acids is 2. The Bertz CT molecular complexity index is 936. The van der Waals surface area contributed by atoms with Crippen LogP contribution in [0.4, 0.5) is 5.13 Å². The Kier molecular flexibility index (Phi) is 5.35. The van der Waals surface area contributed by atoms with E-state index in [1.165, 1.54) is 42.4 Å². The van der Waals surface area contributed by atoms with E-state index in [4.69, 9.17) is 0 Å². The highest BCUT2D eigenvalue weighted by Crippen LogP contribution is 2.55. The topological polar surface area (TPSA) is 71.1 Å². The van der Waals surface area contributed by atoms with Crippen LogP contribution < -0.4 is 10.6 Å². The molecule has 4 aliphatic carbocycles. The zero-order chi connectivity index (χ0) is 20.7. The molecule has 1 aromatic carbocycles. The highest BCUT2D eigenvalue weighted by molar-refractivity contribution is 8.00. The van der Waals surface area contributed by atoms with Crippen molar-refractivity contribution in [1.82, 2.24) is 10.3 Å². The fourth-order valence-corrected chi connectivity index (χ4v) is 7.61. The monoisotopic (exact) mass is 441 g/mol. The van der Waals surface area contributed by atoms with Crippen LogP contribution in [0, 0.1) is 24.7 Å². The Labute approximate surface area is 185 Å². The van der Waals surface area contributed by atoms with E-state index in [0.717, 1.165) is 46.8 Å². The van der Waals surface area contributed by atoms with Gasteiger partial charge < -0.3 is 5.32 Å². The first kappa shape index (κ1) is 20.1. The lowest BCUT2D eigenvalue weighted by atomic mass is 9.53. The van der Waals surface area contributed by atoms with E-state index >= 15 is 0 Å². The summed E-state index contributed by atoms with van der Waals surface area (Å²) in [5.74, 6) is 2.67. The number of hydrogen-bond donors (Lipinski definition) is 2. The largest absolute Gasteiger partial charge is 0.350 e. The summed E-state index contributed by atoms with van der Waals surface area (Å²) in [7, 11) is 0. The summed E-state index contributed by atoms with van der Waals surface area (Å²) in [5.41, 5.74) is 0.615. The molecule has 0 atom stereocenters. The number of carbonyl (C=O) groups is 2. The second-order valence-corrected chi connectivity index (χ2v) is 11.5. The van der Waals surface area contributed by atoms with Crippen molar-refractivity contribution in [1.29, 1.82) is 0 Å². The van der Waals surface area contributed by atoms with Crippen molar-refractivity contribution in [2.75, 3.05) is 11.1 Å². The molecule has 2 N–H and O–H groups in total. The molecule has 1 aromatic heterocycles. The maximum atomic E-state index is 12.8. The molecule has 4 bridgehead atoms. The van der Waals surface area contributed by atoms with E-state index in [1.54, 1.807) is 12.3 Å². The van der Waals surface area contributed by atoms with Gasteiger partial charge in [-0.25, -0.2) is 4.98 Å². The molecule has 0 saturated heterocycles. The third kappa shape index (κ3) is 4.14. The van der Waals surface area contributed by atoms with Crippen molar-refractivity contribution in [3.05, 3.63) is 40.9 Å². The molecule has 0 radical (unpaired) electrons. The molecule has 2 aromatic rings. The van der Waals surface area contributed by atoms with Crippen LogP contribution in [0.1, 0.15) is 53.8 Å². The van der Waals surface area contributed by atoms with E-state index in [2.05, 4.69) is 15.6 Å². The van der Waals surface area contributed by atoms with Crippen LogP contribution in [-0.4, -0.2) is 28.1 Å². The number of hydrogen-bond acceptors (Lipinski definition) is 5. The fraction of sp³-hybridized carbons (Fsp3) is 0.522. The highest BCUT2D eigenvalue weighted by atomic mass is 32.2. The highest BCUT2D eigenvalue weighted by Gasteiger charge is 2.51. The number of nitrogens with one attached hydrogen (secondary N) is 2. The van der Waals surface area contributed by atoms with Crippen LogP contribution in [0.3, 0.4) is 0 Å². The lowest BCUT2D eigenvalue weighted by Crippen LogP contribution is -2.60. The van der Waals surface area contributed by atoms with Gasteiger partial charge in [-0.3, -0.25) is 14.9 Å². The summed E-state index contributed by atoms with van der Waals surface area (Å²) in [4.78, 5) is 31.6. The first-order valence-electron chi connectivity index (χ1n) is 10.7. The minimum absolute atomic E-state index is 0.0337. The molecule has 4 saturated carbocycles. The maximum absolute atomic E-state index is 12.8. The van der Waals surface area contributed by atoms with Crippen molar-refractivity contribution in [3.8, 4) is 0 Å². The van der Waals surface area contributed by atoms with Crippen molar-refractivity contribution >= 4 is 40.0 Å². The predicted molar refractivity (Wildman–Crippen MR) is 121 cm³/mol. The van der Waals surface area contributed by atoms with E-state index in [1.807, 2.05) is 25.1 Å². The van der Waals surface area contributed by atoms with Gasteiger partial charge in [-0.2, -0.15) is 0 Å². The van der Waals surface area contributed by atoms with Crippen LogP contribution in [0.25, 0.3) is 0 Å². The summed E-state index contributed by atoms with van der Waals surface area (Å²) < 4.78 is 0. The number of aromatic nitrogens is 1. The number of benzene rings is 1. The lowest BCUT2D eigenvalue weighted by molar-refractivity contribution is -0.124. The van der Waals surface area contributed by atoms with Gasteiger partial charge in [0.05, 0.1) is 11.3 Å². The zero-order valence-electron chi connectivity index (χ0n) is 17.1. The summed E-state index contributed by atoms with van der Waals surface area (Å²) in [6.07, 6.45) is 9.31. The second kappa shape index (κ2) is 8.00. The Morgan fingerprint density at radius 2 is 1.80 bits per heavy atom. The molecule has 6 rings (SSSR count). The summed E-state index contributed by atoms with van der Waals surface area (Å²) >= 11 is 2.89. The third-order valence-corrected chi connectivity index (χ3v) is 8.68. The number of nitrogens with zero attached hydrogens (tertiary/aromatic N) is 1. The Hall–Kier alpha value is -1.86. The van der Waals surface area contributed by atoms with Crippen LogP contribution in [0.2, 0.25) is 0 Å². The molecule has 7 heteroatoms. The van der Waals surface area contributed by atoms with Crippen LogP contribution in [0.5, 0.6) is 0 Å². The first-order chi connectivity index (χ1) is 14.5. The standard InChI is InChI=1S/C23H27N3O2S2/c1-14-12-24-22(30-14)25-21(28)18-4-2-3-5-19(18)29-13-20(27)26-23-9-15-6-16(10-23)8-17(7-15)11-23/h2-5,12,15-17H,6-11,13H2,1H3,(H,26,27)(H,24,25,28). The molecule has 0 aliphatic heterocycles. The summed E-state index contributed by atoms with van der Waals surface area (Å²) in [6.45, 7) is 1.96. The number of anilines is 1. The molecular formula is C23H27N3O2S2. The number of rotatable bonds is 6. The Morgan fingerprint density at radius 3 is 2.43 bits per heavy atom. The van der Waals surface area contributed by atoms with Gasteiger partial charge in [0.1, 0.15) is 0 Å². The number of aryl methyl sites for hydroxylation is 1. The minimum Gasteiger partial charge on any atom is -0.350 e. The molecule has 0 unspecified atom stereocenters. The third-order valence-electron chi connectivity index (χ3n) is 6.78. The molecule has 158 valence electrons. The van der Waals surface area contributed by atoms with Crippen LogP contribution in [0.15, 0.2) is 35.4 Å². The Balaban J connectivity index is 1.21. The fourth-order valence-electron chi connectivity index (χ4n) is 6.10. The van der Waals surface area contributed by atoms with E-state index < -0.39 is 0 Å². The van der Waals surface area contributed by atoms with E-state index in [-0.39, 0.29) is 17.4 Å². The van der Waals surface area contributed by atoms with E-state index in [9.17, 15) is 9.59 Å². The van der Waals surface area contributed by atoms with Crippen molar-refractivity contribution in [2.45, 2.75) is 55.9 Å². The predicted octanol–water partition coefficient (Wildman–Crippen LogP) is 4.88. The molecule has 4 fully saturated rings. The number of amides is 2. The van der Waals surface area contributed by atoms with Gasteiger partial charge in [-0.15, -0.1) is 23.1 Å². The van der Waals surface area contributed by atoms with Gasteiger partial charge >= 0.3 is 0 Å². The average Bonchev–Trinajstić information content (AvgIpc) is 3.09. The van der Waals surface area contributed by atoms with Gasteiger partial charge in [0, 0.05) is 21.5 Å². The van der Waals surface area contributed by atoms with Crippen molar-refractivity contribution in [2.24, 2.45) is 17.8 Å². The molecule has 4 aliphatic rings. The molecule has 1 heterocycles. The molecular weight excluding hydrogens is 414 g/mol. The van der Waals surface area contributed by atoms with Crippen LogP contribution >= 0.6 is 23.1 Å². The first-order valence-corrected chi connectivity index (χ1v) is 12.5. The Morgan fingerprint density at radius 1 is 1.13 bits per heavy atom. The quantitative estimate of drug-likeness (QED) is 0.627. The van der Waals surface area contributed by atoms with Gasteiger partial charge in [0.15, 0.2) is 5.13 Å². The van der Waals surface area contributed by atoms with Gasteiger partial charge in [-0.05, 0) is 75.3 Å². The second-order valence-electron chi connectivity index (χ2n) is 9.26. The smallest absolute Gasteiger partial charge is 0.258 e. The molecule has 30 heavy (non-hydrogen) atoms. The van der Waals surface area contributed by atoms with Crippen LogP contribution in [-0.2, 0) is 4.79 Å². The number of thioether (sulfide) groups is 1. The molecule has 2 amide bonds. The maximum Gasteiger partial charge on any atom is 0.258 e. The summed E-state index contributed by atoms with van der Waals surface area (Å²) in [5, 5.41) is 6.88. The number of thiazole rings is 1. The normalized spacial score (nSPS) is 29.0. The van der Waals surface area contributed by atoms with Gasteiger partial charge in [0.25, 0.3) is 5.91 Å². The van der Waals surface area contributed by atoms with Gasteiger partial charge in [0.2, 0.25) is 5.91 Å². The molecule has 5 nitrogen and oxygen atoms in total. The zero-order valence-corrected chi connectivity index (χ0v) is 18.8. The summed E-state index contributed by atoms with van der Waals surface area (Å²) in [6, 6.07) is 7.46. The SMILES string of the molecule is Cc1cnc(NC(=O)c2ccccc2SCC(=O)NC23CC4CC(CC(C4)C2)C3)s1. The van der Waals surface area contributed by atoms with Crippen molar-refractivity contribution < 1.29 is 9.59 Å². The van der Waals surface area contributed by atoms with Gasteiger partial charge in [-0.1, -0.05) is 12.1 Å². The minimum atomic E-state index is -0.186. The van der Waals surface area contributed by atoms with Crippen molar-refractivity contribution in [3.63, 3.8) is 0 Å². The molecule has 0 spiro atoms. The average molecular weight is 442 g/mol. The van der Waals surface area contributed by atoms with E-state index in [0.29, 0.717) is 16.4 Å².